The third-order valence-corrected chi connectivity index (χ3v) is 9.23. The van der Waals surface area contributed by atoms with Crippen LogP contribution in [0.3, 0.4) is 0 Å². The lowest BCUT2D eigenvalue weighted by Gasteiger charge is -2.37. The maximum absolute atomic E-state index is 14.2. The van der Waals surface area contributed by atoms with E-state index < -0.39 is 11.0 Å². The summed E-state index contributed by atoms with van der Waals surface area (Å²) in [5.74, 6) is 1.23. The van der Waals surface area contributed by atoms with Gasteiger partial charge in [-0.1, -0.05) is 6.08 Å². The van der Waals surface area contributed by atoms with Crippen molar-refractivity contribution in [1.29, 1.82) is 0 Å². The van der Waals surface area contributed by atoms with Crippen molar-refractivity contribution < 1.29 is 38.2 Å². The van der Waals surface area contributed by atoms with Gasteiger partial charge in [-0.2, -0.15) is 0 Å². The summed E-state index contributed by atoms with van der Waals surface area (Å²) in [6, 6.07) is 10.6. The molecule has 0 spiro atoms. The van der Waals surface area contributed by atoms with Crippen molar-refractivity contribution >= 4 is 40.5 Å². The maximum Gasteiger partial charge on any atom is 0.419 e. The Bertz CT molecular complexity index is 1810. The number of anilines is 4. The fourth-order valence-corrected chi connectivity index (χ4v) is 6.94. The van der Waals surface area contributed by atoms with Crippen molar-refractivity contribution in [3.63, 3.8) is 0 Å². The Morgan fingerprint density at radius 2 is 1.52 bits per heavy atom. The first-order valence-electron chi connectivity index (χ1n) is 16.9. The Hall–Kier alpha value is -5.46. The molecular weight excluding hydrogens is 644 g/mol. The van der Waals surface area contributed by atoms with Crippen LogP contribution in [0.4, 0.5) is 33.2 Å². The molecule has 1 amide bonds. The van der Waals surface area contributed by atoms with Crippen LogP contribution in [0.5, 0.6) is 23.0 Å². The molecule has 0 bridgehead atoms. The van der Waals surface area contributed by atoms with E-state index in [1.165, 1.54) is 31.3 Å². The third kappa shape index (κ3) is 6.85. The molecule has 0 aromatic heterocycles. The van der Waals surface area contributed by atoms with Gasteiger partial charge in [0, 0.05) is 56.1 Å². The second kappa shape index (κ2) is 15.0. The molecule has 0 unspecified atom stereocenters. The molecule has 50 heavy (non-hydrogen) atoms. The average molecular weight is 687 g/mol. The van der Waals surface area contributed by atoms with Crippen molar-refractivity contribution in [1.82, 2.24) is 0 Å². The van der Waals surface area contributed by atoms with Crippen molar-refractivity contribution in [2.45, 2.75) is 52.1 Å². The van der Waals surface area contributed by atoms with Crippen LogP contribution >= 0.6 is 0 Å². The van der Waals surface area contributed by atoms with Gasteiger partial charge in [0.15, 0.2) is 23.0 Å². The summed E-state index contributed by atoms with van der Waals surface area (Å²) in [4.78, 5) is 43.6. The molecule has 3 aromatic rings. The van der Waals surface area contributed by atoms with Gasteiger partial charge in [0.1, 0.15) is 6.61 Å². The number of rotatable bonds is 12. The molecule has 3 aliphatic rings. The van der Waals surface area contributed by atoms with E-state index in [0.29, 0.717) is 55.4 Å². The second-order valence-electron chi connectivity index (χ2n) is 12.3. The molecule has 3 aliphatic heterocycles. The number of fused-ring (bicyclic) bond motifs is 4. The third-order valence-electron chi connectivity index (χ3n) is 9.23. The van der Waals surface area contributed by atoms with Crippen molar-refractivity contribution in [3.05, 3.63) is 75.9 Å². The van der Waals surface area contributed by atoms with Gasteiger partial charge in [-0.25, -0.2) is 9.69 Å². The van der Waals surface area contributed by atoms with E-state index >= 15 is 0 Å². The van der Waals surface area contributed by atoms with Gasteiger partial charge in [0.05, 0.1) is 48.8 Å². The first kappa shape index (κ1) is 34.4. The van der Waals surface area contributed by atoms with Gasteiger partial charge >= 0.3 is 12.1 Å². The Kier molecular flexibility index (Phi) is 10.3. The maximum atomic E-state index is 14.2. The number of amides is 1. The smallest absolute Gasteiger partial charge is 0.419 e. The molecule has 13 nitrogen and oxygen atoms in total. The lowest BCUT2D eigenvalue weighted by molar-refractivity contribution is -0.385. The number of nitro groups is 1. The van der Waals surface area contributed by atoms with E-state index in [1.807, 2.05) is 30.3 Å². The fourth-order valence-electron chi connectivity index (χ4n) is 6.94. The van der Waals surface area contributed by atoms with Crippen LogP contribution in [0.15, 0.2) is 49.1 Å². The Morgan fingerprint density at radius 3 is 2.12 bits per heavy atom. The summed E-state index contributed by atoms with van der Waals surface area (Å²) in [5.41, 5.74) is 5.08. The summed E-state index contributed by atoms with van der Waals surface area (Å²) < 4.78 is 28.2. The summed E-state index contributed by atoms with van der Waals surface area (Å²) in [5, 5.41) is 12.0. The molecule has 0 aliphatic carbocycles. The highest BCUT2D eigenvalue weighted by Crippen LogP contribution is 2.52. The molecule has 3 heterocycles. The van der Waals surface area contributed by atoms with Crippen molar-refractivity contribution in [2.75, 3.05) is 61.7 Å². The highest BCUT2D eigenvalue weighted by atomic mass is 16.6. The molecule has 3 aromatic carbocycles. The highest BCUT2D eigenvalue weighted by molar-refractivity contribution is 6.02. The van der Waals surface area contributed by atoms with Gasteiger partial charge in [0.2, 0.25) is 0 Å². The van der Waals surface area contributed by atoms with E-state index in [2.05, 4.69) is 16.4 Å². The largest absolute Gasteiger partial charge is 0.493 e. The van der Waals surface area contributed by atoms with Crippen LogP contribution in [0.2, 0.25) is 0 Å². The molecule has 0 saturated carbocycles. The number of nitrogens with zero attached hydrogens (tertiary/aromatic N) is 4. The minimum absolute atomic E-state index is 0.157. The quantitative estimate of drug-likeness (QED) is 0.0827. The van der Waals surface area contributed by atoms with Gasteiger partial charge < -0.3 is 33.5 Å². The first-order chi connectivity index (χ1) is 24.3. The number of aryl methyl sites for hydroxylation is 2. The number of benzene rings is 3. The summed E-state index contributed by atoms with van der Waals surface area (Å²) >= 11 is 0. The predicted octanol–water partition coefficient (Wildman–Crippen LogP) is 7.23. The number of carbonyl (C=O) groups is 2. The highest BCUT2D eigenvalue weighted by Gasteiger charge is 2.35. The molecular formula is C37H42N4O9. The zero-order valence-corrected chi connectivity index (χ0v) is 28.7. The predicted molar refractivity (Wildman–Crippen MR) is 189 cm³/mol. The van der Waals surface area contributed by atoms with E-state index in [0.717, 1.165) is 61.3 Å². The number of ether oxygens (including phenoxy) is 5. The molecule has 264 valence electrons. The SMILES string of the molecule is C=CCN1CCCc2cc3c(cc21)Oc1cc2c(cc1N3C(=O)OCc1cc(OC)c(OC)cc1[N+](=O)[O-])CCCN2CCCC(=O)OCC. The molecule has 0 fully saturated rings. The molecule has 6 rings (SSSR count). The number of nitro benzene ring substituents is 1. The summed E-state index contributed by atoms with van der Waals surface area (Å²) in [6.07, 6.45) is 5.61. The van der Waals surface area contributed by atoms with Crippen LogP contribution in [-0.2, 0) is 33.7 Å². The normalized spacial score (nSPS) is 14.3. The average Bonchev–Trinajstić information content (AvgIpc) is 3.11. The minimum atomic E-state index is -0.708. The molecule has 0 saturated heterocycles. The van der Waals surface area contributed by atoms with Crippen LogP contribution in [0, 0.1) is 10.1 Å². The van der Waals surface area contributed by atoms with Gasteiger partial charge in [-0.05, 0) is 68.4 Å². The van der Waals surface area contributed by atoms with Crippen LogP contribution in [0.1, 0.15) is 49.3 Å². The fraction of sp³-hybridized carbons (Fsp3) is 0.405. The monoisotopic (exact) mass is 686 g/mol. The number of carbonyl (C=O) groups excluding carboxylic acids is 2. The first-order valence-corrected chi connectivity index (χ1v) is 16.9. The molecule has 0 N–H and O–H groups in total. The Labute approximate surface area is 291 Å². The van der Waals surface area contributed by atoms with Gasteiger partial charge in [0.25, 0.3) is 5.69 Å². The van der Waals surface area contributed by atoms with E-state index in [9.17, 15) is 19.7 Å². The standard InChI is InChI=1S/C37H42N4O9/c1-5-13-38-14-7-10-24-17-30-32(20-27(24)38)50-33-21-28-25(11-8-15-39(28)16-9-12-36(42)48-6-2)18-31(33)40(30)37(43)49-23-26-19-34(46-3)35(47-4)22-29(26)41(44)45/h5,17-22H,1,6-16,23H2,2-4H3. The van der Waals surface area contributed by atoms with Crippen molar-refractivity contribution in [3.8, 4) is 23.0 Å². The topological polar surface area (TPSA) is 133 Å². The van der Waals surface area contributed by atoms with Crippen LogP contribution in [-0.4, -0.2) is 64.0 Å². The second-order valence-corrected chi connectivity index (χ2v) is 12.3. The molecule has 0 atom stereocenters. The number of hydrogen-bond acceptors (Lipinski definition) is 11. The molecule has 13 heteroatoms. The summed E-state index contributed by atoms with van der Waals surface area (Å²) in [7, 11) is 2.82. The van der Waals surface area contributed by atoms with Gasteiger partial charge in [-0.3, -0.25) is 14.9 Å². The Morgan fingerprint density at radius 1 is 0.900 bits per heavy atom. The van der Waals surface area contributed by atoms with Gasteiger partial charge in [-0.15, -0.1) is 6.58 Å². The van der Waals surface area contributed by atoms with Crippen LogP contribution in [0.25, 0.3) is 0 Å². The summed E-state index contributed by atoms with van der Waals surface area (Å²) in [6.45, 7) is 8.73. The lowest BCUT2D eigenvalue weighted by Crippen LogP contribution is -2.33. The van der Waals surface area contributed by atoms with E-state index in [-0.39, 0.29) is 35.3 Å². The van der Waals surface area contributed by atoms with Crippen LogP contribution < -0.4 is 28.9 Å². The van der Waals surface area contributed by atoms with E-state index in [4.69, 9.17) is 23.7 Å². The number of esters is 1. The zero-order valence-electron chi connectivity index (χ0n) is 28.7. The number of hydrogen-bond donors (Lipinski definition) is 0. The number of methoxy groups -OCH3 is 2. The molecule has 0 radical (unpaired) electrons. The Balaban J connectivity index is 1.37. The zero-order chi connectivity index (χ0) is 35.4. The lowest BCUT2D eigenvalue weighted by atomic mass is 9.97. The van der Waals surface area contributed by atoms with Crippen molar-refractivity contribution in [2.24, 2.45) is 0 Å². The van der Waals surface area contributed by atoms with E-state index in [1.54, 1.807) is 6.92 Å². The minimum Gasteiger partial charge on any atom is -0.493 e.